The Balaban J connectivity index is 1.58. The Hall–Kier alpha value is -3.32. The number of hydrogen-bond donors (Lipinski definition) is 0. The quantitative estimate of drug-likeness (QED) is 0.386. The maximum Gasteiger partial charge on any atom is 0.282 e. The number of aryl methyl sites for hydroxylation is 1. The van der Waals surface area contributed by atoms with Crippen molar-refractivity contribution >= 4 is 33.0 Å². The molecule has 1 aromatic heterocycles. The van der Waals surface area contributed by atoms with E-state index in [2.05, 4.69) is 26.0 Å². The van der Waals surface area contributed by atoms with Gasteiger partial charge in [-0.05, 0) is 48.9 Å². The molecule has 0 spiro atoms. The molecule has 0 bridgehead atoms. The number of ether oxygens (including phenoxy) is 1. The lowest BCUT2D eigenvalue weighted by atomic mass is 10.2. The Morgan fingerprint density at radius 1 is 1.13 bits per heavy atom. The van der Waals surface area contributed by atoms with E-state index in [4.69, 9.17) is 4.74 Å². The van der Waals surface area contributed by atoms with Gasteiger partial charge >= 0.3 is 0 Å². The molecule has 7 heteroatoms. The molecule has 0 radical (unpaired) electrons. The van der Waals surface area contributed by atoms with Crippen LogP contribution in [0.5, 0.6) is 5.75 Å². The molecule has 0 unspecified atom stereocenters. The van der Waals surface area contributed by atoms with E-state index in [1.54, 1.807) is 55.6 Å². The molecule has 0 fully saturated rings. The third-order valence-corrected chi connectivity index (χ3v) is 5.00. The first-order valence-corrected chi connectivity index (χ1v) is 10.00. The second kappa shape index (κ2) is 8.59. The molecule has 1 heterocycles. The standard InChI is InChI=1S/C23H17BrFN3O2/c1-15-27-22-10-9-18(24)12-20(22)23(29)28(15)26-13-16-5-4-7-19(11-16)30-14-17-6-2-3-8-21(17)25/h2-13H,14H2,1H3. The first kappa shape index (κ1) is 20.0. The van der Waals surface area contributed by atoms with Crippen LogP contribution in [0.25, 0.3) is 10.9 Å². The molecule has 3 aromatic carbocycles. The minimum Gasteiger partial charge on any atom is -0.489 e. The van der Waals surface area contributed by atoms with Gasteiger partial charge in [-0.25, -0.2) is 9.37 Å². The fourth-order valence-corrected chi connectivity index (χ4v) is 3.34. The van der Waals surface area contributed by atoms with Gasteiger partial charge in [0.2, 0.25) is 0 Å². The van der Waals surface area contributed by atoms with Crippen LogP contribution < -0.4 is 10.3 Å². The highest BCUT2D eigenvalue weighted by Gasteiger charge is 2.08. The van der Waals surface area contributed by atoms with Gasteiger partial charge in [0.15, 0.2) is 0 Å². The van der Waals surface area contributed by atoms with Crippen LogP contribution in [0.2, 0.25) is 0 Å². The van der Waals surface area contributed by atoms with Gasteiger partial charge in [0.25, 0.3) is 5.56 Å². The zero-order valence-electron chi connectivity index (χ0n) is 16.0. The van der Waals surface area contributed by atoms with Crippen LogP contribution in [0.15, 0.2) is 81.1 Å². The van der Waals surface area contributed by atoms with Crippen molar-refractivity contribution in [2.75, 3.05) is 0 Å². The van der Waals surface area contributed by atoms with Crippen LogP contribution in [-0.2, 0) is 6.61 Å². The first-order valence-electron chi connectivity index (χ1n) is 9.21. The SMILES string of the molecule is Cc1nc2ccc(Br)cc2c(=O)n1N=Cc1cccc(OCc2ccccc2F)c1. The molecule has 0 N–H and O–H groups in total. The lowest BCUT2D eigenvalue weighted by molar-refractivity contribution is 0.300. The topological polar surface area (TPSA) is 56.5 Å². The highest BCUT2D eigenvalue weighted by Crippen LogP contribution is 2.17. The zero-order valence-corrected chi connectivity index (χ0v) is 17.6. The van der Waals surface area contributed by atoms with Crippen LogP contribution in [0.1, 0.15) is 17.0 Å². The summed E-state index contributed by atoms with van der Waals surface area (Å²) >= 11 is 3.38. The van der Waals surface area contributed by atoms with Gasteiger partial charge in [0, 0.05) is 10.0 Å². The van der Waals surface area contributed by atoms with E-state index in [-0.39, 0.29) is 18.0 Å². The zero-order chi connectivity index (χ0) is 21.1. The molecule has 4 rings (SSSR count). The van der Waals surface area contributed by atoms with Crippen LogP contribution >= 0.6 is 15.9 Å². The molecule has 0 saturated carbocycles. The van der Waals surface area contributed by atoms with Crippen molar-refractivity contribution in [2.45, 2.75) is 13.5 Å². The highest BCUT2D eigenvalue weighted by atomic mass is 79.9. The van der Waals surface area contributed by atoms with Gasteiger partial charge in [-0.3, -0.25) is 4.79 Å². The number of nitrogens with zero attached hydrogens (tertiary/aromatic N) is 3. The van der Waals surface area contributed by atoms with Gasteiger partial charge in [-0.2, -0.15) is 9.78 Å². The fourth-order valence-electron chi connectivity index (χ4n) is 2.98. The summed E-state index contributed by atoms with van der Waals surface area (Å²) in [6.07, 6.45) is 1.57. The van der Waals surface area contributed by atoms with Crippen molar-refractivity contribution in [3.05, 3.63) is 104 Å². The van der Waals surface area contributed by atoms with Crippen molar-refractivity contribution in [2.24, 2.45) is 5.10 Å². The predicted molar refractivity (Wildman–Crippen MR) is 119 cm³/mol. The van der Waals surface area contributed by atoms with Gasteiger partial charge < -0.3 is 4.74 Å². The van der Waals surface area contributed by atoms with Gasteiger partial charge in [0.1, 0.15) is 24.0 Å². The predicted octanol–water partition coefficient (Wildman–Crippen LogP) is 5.07. The Kier molecular flexibility index (Phi) is 5.72. The van der Waals surface area contributed by atoms with Crippen molar-refractivity contribution in [1.82, 2.24) is 9.66 Å². The minimum atomic E-state index is -0.305. The summed E-state index contributed by atoms with van der Waals surface area (Å²) in [7, 11) is 0. The monoisotopic (exact) mass is 465 g/mol. The third-order valence-electron chi connectivity index (χ3n) is 4.50. The second-order valence-electron chi connectivity index (χ2n) is 6.63. The van der Waals surface area contributed by atoms with E-state index in [1.807, 2.05) is 18.2 Å². The molecule has 0 aliphatic rings. The molecular formula is C23H17BrFN3O2. The molecular weight excluding hydrogens is 449 g/mol. The van der Waals surface area contributed by atoms with E-state index < -0.39 is 0 Å². The summed E-state index contributed by atoms with van der Waals surface area (Å²) in [6.45, 7) is 1.85. The number of rotatable bonds is 5. The molecule has 0 aliphatic heterocycles. The van der Waals surface area contributed by atoms with Crippen molar-refractivity contribution in [3.8, 4) is 5.75 Å². The molecule has 0 atom stereocenters. The van der Waals surface area contributed by atoms with Crippen molar-refractivity contribution in [1.29, 1.82) is 0 Å². The normalized spacial score (nSPS) is 11.3. The first-order chi connectivity index (χ1) is 14.5. The van der Waals surface area contributed by atoms with Gasteiger partial charge in [-0.15, -0.1) is 0 Å². The Morgan fingerprint density at radius 2 is 1.97 bits per heavy atom. The molecule has 30 heavy (non-hydrogen) atoms. The smallest absolute Gasteiger partial charge is 0.282 e. The lowest BCUT2D eigenvalue weighted by Crippen LogP contribution is -2.20. The number of fused-ring (bicyclic) bond motifs is 1. The highest BCUT2D eigenvalue weighted by molar-refractivity contribution is 9.10. The second-order valence-corrected chi connectivity index (χ2v) is 7.55. The largest absolute Gasteiger partial charge is 0.489 e. The van der Waals surface area contributed by atoms with Crippen LogP contribution in [0.4, 0.5) is 4.39 Å². The molecule has 5 nitrogen and oxygen atoms in total. The Bertz CT molecular complexity index is 1320. The fraction of sp³-hybridized carbons (Fsp3) is 0.0870. The van der Waals surface area contributed by atoms with Crippen molar-refractivity contribution in [3.63, 3.8) is 0 Å². The summed E-state index contributed by atoms with van der Waals surface area (Å²) < 4.78 is 21.5. The number of hydrogen-bond acceptors (Lipinski definition) is 4. The van der Waals surface area contributed by atoms with E-state index in [0.29, 0.717) is 28.0 Å². The number of benzene rings is 3. The molecule has 0 amide bonds. The van der Waals surface area contributed by atoms with Crippen LogP contribution in [0, 0.1) is 12.7 Å². The maximum atomic E-state index is 13.7. The summed E-state index contributed by atoms with van der Waals surface area (Å²) in [5.74, 6) is 0.755. The van der Waals surface area contributed by atoms with Crippen molar-refractivity contribution < 1.29 is 9.13 Å². The van der Waals surface area contributed by atoms with E-state index in [1.165, 1.54) is 10.7 Å². The van der Waals surface area contributed by atoms with Crippen LogP contribution in [-0.4, -0.2) is 15.9 Å². The lowest BCUT2D eigenvalue weighted by Gasteiger charge is -2.08. The molecule has 0 saturated heterocycles. The maximum absolute atomic E-state index is 13.7. The summed E-state index contributed by atoms with van der Waals surface area (Å²) in [4.78, 5) is 17.3. The van der Waals surface area contributed by atoms with E-state index in [9.17, 15) is 9.18 Å². The Labute approximate surface area is 180 Å². The van der Waals surface area contributed by atoms with Gasteiger partial charge in [-0.1, -0.05) is 46.3 Å². The Morgan fingerprint density at radius 3 is 2.80 bits per heavy atom. The average Bonchev–Trinajstić information content (AvgIpc) is 2.74. The van der Waals surface area contributed by atoms with Gasteiger partial charge in [0.05, 0.1) is 17.1 Å². The number of aromatic nitrogens is 2. The number of halogens is 2. The average molecular weight is 466 g/mol. The van der Waals surface area contributed by atoms with E-state index >= 15 is 0 Å². The van der Waals surface area contributed by atoms with Crippen LogP contribution in [0.3, 0.4) is 0 Å². The molecule has 0 aliphatic carbocycles. The van der Waals surface area contributed by atoms with E-state index in [0.717, 1.165) is 10.0 Å². The minimum absolute atomic E-state index is 0.120. The molecule has 150 valence electrons. The summed E-state index contributed by atoms with van der Waals surface area (Å²) in [6, 6.07) is 19.1. The third kappa shape index (κ3) is 4.31. The summed E-state index contributed by atoms with van der Waals surface area (Å²) in [5.41, 5.74) is 1.59. The summed E-state index contributed by atoms with van der Waals surface area (Å²) in [5, 5.41) is 4.80. The molecule has 4 aromatic rings.